The summed E-state index contributed by atoms with van der Waals surface area (Å²) in [5.74, 6) is 1.42. The fourth-order valence-corrected chi connectivity index (χ4v) is 2.99. The molecule has 0 spiro atoms. The van der Waals surface area contributed by atoms with Gasteiger partial charge in [-0.25, -0.2) is 0 Å². The summed E-state index contributed by atoms with van der Waals surface area (Å²) in [4.78, 5) is 14.4. The third-order valence-corrected chi connectivity index (χ3v) is 4.05. The quantitative estimate of drug-likeness (QED) is 0.876. The summed E-state index contributed by atoms with van der Waals surface area (Å²) in [6.07, 6.45) is 0.0359. The molecule has 6 heteroatoms. The van der Waals surface area contributed by atoms with Crippen molar-refractivity contribution in [2.45, 2.75) is 26.1 Å². The van der Waals surface area contributed by atoms with E-state index in [1.807, 2.05) is 19.9 Å². The van der Waals surface area contributed by atoms with Crippen molar-refractivity contribution in [2.75, 3.05) is 25.9 Å². The average molecular weight is 330 g/mol. The van der Waals surface area contributed by atoms with Gasteiger partial charge in [0.05, 0.1) is 19.3 Å². The Morgan fingerprint density at radius 3 is 2.54 bits per heavy atom. The highest BCUT2D eigenvalue weighted by molar-refractivity contribution is 5.92. The van der Waals surface area contributed by atoms with Crippen molar-refractivity contribution >= 4 is 11.6 Å². The first-order valence-electron chi connectivity index (χ1n) is 7.96. The van der Waals surface area contributed by atoms with Crippen LogP contribution in [0.25, 0.3) is 11.3 Å². The van der Waals surface area contributed by atoms with Crippen LogP contribution in [0.2, 0.25) is 0 Å². The molecule has 0 unspecified atom stereocenters. The number of amides is 1. The molecule has 1 fully saturated rings. The second kappa shape index (κ2) is 6.57. The van der Waals surface area contributed by atoms with Crippen LogP contribution in [0.4, 0.5) is 5.69 Å². The molecule has 3 rings (SSSR count). The van der Waals surface area contributed by atoms with Crippen molar-refractivity contribution < 1.29 is 18.7 Å². The van der Waals surface area contributed by atoms with Crippen LogP contribution >= 0.6 is 0 Å². The van der Waals surface area contributed by atoms with Crippen molar-refractivity contribution in [1.29, 1.82) is 0 Å². The Labute approximate surface area is 141 Å². The summed E-state index contributed by atoms with van der Waals surface area (Å²) in [6.45, 7) is 5.04. The molecule has 1 aliphatic heterocycles. The first-order valence-corrected chi connectivity index (χ1v) is 7.96. The van der Waals surface area contributed by atoms with E-state index in [4.69, 9.17) is 19.6 Å². The first kappa shape index (κ1) is 16.4. The fraction of sp³-hybridized carbons (Fsp3) is 0.389. The van der Waals surface area contributed by atoms with Gasteiger partial charge in [0.15, 0.2) is 5.76 Å². The number of carbonyl (C=O) groups is 1. The summed E-state index contributed by atoms with van der Waals surface area (Å²) >= 11 is 0. The van der Waals surface area contributed by atoms with E-state index in [9.17, 15) is 4.79 Å². The number of morpholine rings is 1. The number of nitrogens with zero attached hydrogens (tertiary/aromatic N) is 1. The van der Waals surface area contributed by atoms with E-state index in [-0.39, 0.29) is 18.1 Å². The lowest BCUT2D eigenvalue weighted by molar-refractivity contribution is -0.0592. The van der Waals surface area contributed by atoms with Crippen LogP contribution in [0, 0.1) is 0 Å². The number of nitrogens with two attached hydrogens (primary N) is 1. The molecule has 2 heterocycles. The number of hydrogen-bond acceptors (Lipinski definition) is 5. The maximum Gasteiger partial charge on any atom is 0.289 e. The van der Waals surface area contributed by atoms with E-state index in [1.165, 1.54) is 0 Å². The van der Waals surface area contributed by atoms with Gasteiger partial charge in [-0.3, -0.25) is 4.79 Å². The van der Waals surface area contributed by atoms with Crippen molar-refractivity contribution in [3.8, 4) is 17.1 Å². The van der Waals surface area contributed by atoms with E-state index >= 15 is 0 Å². The highest BCUT2D eigenvalue weighted by atomic mass is 16.5. The van der Waals surface area contributed by atoms with Gasteiger partial charge in [-0.1, -0.05) is 0 Å². The molecule has 0 bridgehead atoms. The second-order valence-corrected chi connectivity index (χ2v) is 6.08. The zero-order chi connectivity index (χ0) is 17.3. The lowest BCUT2D eigenvalue weighted by atomic mass is 10.1. The van der Waals surface area contributed by atoms with E-state index in [0.29, 0.717) is 36.0 Å². The molecule has 2 aromatic rings. The maximum atomic E-state index is 12.6. The first-order chi connectivity index (χ1) is 11.5. The van der Waals surface area contributed by atoms with E-state index in [0.717, 1.165) is 5.56 Å². The summed E-state index contributed by atoms with van der Waals surface area (Å²) in [6, 6.07) is 8.80. The SMILES string of the molecule is COc1ccc(-c2ccc(C(=O)N3C[C@@H](C)O[C@@H](C)C3)o2)c(N)c1. The van der Waals surface area contributed by atoms with Crippen molar-refractivity contribution in [2.24, 2.45) is 0 Å². The number of anilines is 1. The Balaban J connectivity index is 1.81. The van der Waals surface area contributed by atoms with Crippen molar-refractivity contribution in [3.05, 3.63) is 36.1 Å². The standard InChI is InChI=1S/C18H22N2O4/c1-11-9-20(10-12(2)23-11)18(21)17-7-6-16(24-17)14-5-4-13(22-3)8-15(14)19/h4-8,11-12H,9-10,19H2,1-3H3/t11-,12+. The van der Waals surface area contributed by atoms with Crippen LogP contribution in [0.1, 0.15) is 24.4 Å². The third-order valence-electron chi connectivity index (χ3n) is 4.05. The van der Waals surface area contributed by atoms with Gasteiger partial charge in [0, 0.05) is 30.4 Å². The largest absolute Gasteiger partial charge is 0.497 e. The van der Waals surface area contributed by atoms with Gasteiger partial charge in [0.1, 0.15) is 11.5 Å². The molecular weight excluding hydrogens is 308 g/mol. The van der Waals surface area contributed by atoms with Crippen LogP contribution in [0.5, 0.6) is 5.75 Å². The predicted molar refractivity (Wildman–Crippen MR) is 91.0 cm³/mol. The molecule has 1 amide bonds. The highest BCUT2D eigenvalue weighted by Crippen LogP contribution is 2.31. The Kier molecular flexibility index (Phi) is 4.49. The van der Waals surface area contributed by atoms with Gasteiger partial charge < -0.3 is 24.5 Å². The van der Waals surface area contributed by atoms with Crippen LogP contribution in [-0.4, -0.2) is 43.2 Å². The topological polar surface area (TPSA) is 77.9 Å². The van der Waals surface area contributed by atoms with Gasteiger partial charge in [-0.05, 0) is 38.1 Å². The summed E-state index contributed by atoms with van der Waals surface area (Å²) in [7, 11) is 1.59. The van der Waals surface area contributed by atoms with Gasteiger partial charge in [-0.2, -0.15) is 0 Å². The van der Waals surface area contributed by atoms with Crippen LogP contribution in [-0.2, 0) is 4.74 Å². The number of methoxy groups -OCH3 is 1. The molecule has 0 saturated carbocycles. The zero-order valence-electron chi connectivity index (χ0n) is 14.1. The lowest BCUT2D eigenvalue weighted by Gasteiger charge is -2.34. The Morgan fingerprint density at radius 1 is 1.21 bits per heavy atom. The Morgan fingerprint density at radius 2 is 1.92 bits per heavy atom. The predicted octanol–water partition coefficient (Wildman–Crippen LogP) is 2.79. The summed E-state index contributed by atoms with van der Waals surface area (Å²) in [5, 5.41) is 0. The molecule has 2 atom stereocenters. The molecule has 0 radical (unpaired) electrons. The molecule has 24 heavy (non-hydrogen) atoms. The minimum absolute atomic E-state index is 0.0179. The highest BCUT2D eigenvalue weighted by Gasteiger charge is 2.28. The van der Waals surface area contributed by atoms with Gasteiger partial charge in [-0.15, -0.1) is 0 Å². The third kappa shape index (κ3) is 3.23. The normalized spacial score (nSPS) is 20.9. The van der Waals surface area contributed by atoms with Gasteiger partial charge >= 0.3 is 0 Å². The molecule has 1 aromatic heterocycles. The number of furan rings is 1. The minimum Gasteiger partial charge on any atom is -0.497 e. The zero-order valence-corrected chi connectivity index (χ0v) is 14.1. The summed E-state index contributed by atoms with van der Waals surface area (Å²) in [5.41, 5.74) is 7.31. The van der Waals surface area contributed by atoms with E-state index in [2.05, 4.69) is 0 Å². The Hall–Kier alpha value is -2.47. The molecular formula is C18H22N2O4. The molecule has 1 aromatic carbocycles. The molecule has 6 nitrogen and oxygen atoms in total. The van der Waals surface area contributed by atoms with Crippen molar-refractivity contribution in [1.82, 2.24) is 4.90 Å². The number of benzene rings is 1. The number of ether oxygens (including phenoxy) is 2. The van der Waals surface area contributed by atoms with E-state index < -0.39 is 0 Å². The molecule has 1 aliphatic rings. The van der Waals surface area contributed by atoms with Crippen LogP contribution in [0.15, 0.2) is 34.7 Å². The number of hydrogen-bond donors (Lipinski definition) is 1. The van der Waals surface area contributed by atoms with Crippen LogP contribution in [0.3, 0.4) is 0 Å². The monoisotopic (exact) mass is 330 g/mol. The minimum atomic E-state index is -0.129. The molecule has 128 valence electrons. The van der Waals surface area contributed by atoms with Crippen molar-refractivity contribution in [3.63, 3.8) is 0 Å². The number of nitrogen functional groups attached to an aromatic ring is 1. The lowest BCUT2D eigenvalue weighted by Crippen LogP contribution is -2.48. The number of carbonyl (C=O) groups excluding carboxylic acids is 1. The Bertz CT molecular complexity index is 730. The van der Waals surface area contributed by atoms with Gasteiger partial charge in [0.2, 0.25) is 0 Å². The van der Waals surface area contributed by atoms with Crippen LogP contribution < -0.4 is 10.5 Å². The number of rotatable bonds is 3. The average Bonchev–Trinajstić information content (AvgIpc) is 3.02. The smallest absolute Gasteiger partial charge is 0.289 e. The van der Waals surface area contributed by atoms with Gasteiger partial charge in [0.25, 0.3) is 5.91 Å². The second-order valence-electron chi connectivity index (χ2n) is 6.08. The molecule has 2 N–H and O–H groups in total. The maximum absolute atomic E-state index is 12.6. The fourth-order valence-electron chi connectivity index (χ4n) is 2.99. The summed E-state index contributed by atoms with van der Waals surface area (Å²) < 4.78 is 16.6. The molecule has 0 aliphatic carbocycles. The molecule has 1 saturated heterocycles. The van der Waals surface area contributed by atoms with E-state index in [1.54, 1.807) is 36.3 Å².